The van der Waals surface area contributed by atoms with E-state index >= 15 is 0 Å². The Morgan fingerprint density at radius 1 is 1.65 bits per heavy atom. The first-order chi connectivity index (χ1) is 8.13. The highest BCUT2D eigenvalue weighted by molar-refractivity contribution is 7.99. The second kappa shape index (κ2) is 7.53. The van der Waals surface area contributed by atoms with Gasteiger partial charge in [0.1, 0.15) is 6.04 Å². The average Bonchev–Trinajstić information content (AvgIpc) is 2.31. The summed E-state index contributed by atoms with van der Waals surface area (Å²) < 4.78 is 0. The number of thioether (sulfide) groups is 1. The molecule has 6 heteroatoms. The van der Waals surface area contributed by atoms with E-state index in [9.17, 15) is 4.79 Å². The van der Waals surface area contributed by atoms with Crippen LogP contribution in [0.3, 0.4) is 0 Å². The number of halogens is 1. The molecule has 1 aromatic rings. The maximum absolute atomic E-state index is 11.0. The highest BCUT2D eigenvalue weighted by Gasteiger charge is 2.16. The molecule has 0 spiro atoms. The predicted molar refractivity (Wildman–Crippen MR) is 69.7 cm³/mol. The number of aromatic nitrogens is 1. The van der Waals surface area contributed by atoms with E-state index in [1.165, 1.54) is 11.8 Å². The van der Waals surface area contributed by atoms with Crippen LogP contribution in [0.25, 0.3) is 0 Å². The van der Waals surface area contributed by atoms with Gasteiger partial charge in [0, 0.05) is 11.9 Å². The Labute approximate surface area is 110 Å². The van der Waals surface area contributed by atoms with Gasteiger partial charge in [-0.15, -0.1) is 11.8 Å². The Hall–Kier alpha value is -0.780. The first kappa shape index (κ1) is 14.3. The summed E-state index contributed by atoms with van der Waals surface area (Å²) in [7, 11) is 0. The summed E-state index contributed by atoms with van der Waals surface area (Å²) in [6.07, 6.45) is 2.47. The van der Waals surface area contributed by atoms with Crippen molar-refractivity contribution in [1.82, 2.24) is 10.3 Å². The second-order valence-corrected chi connectivity index (χ2v) is 4.95. The molecule has 4 nitrogen and oxygen atoms in total. The van der Waals surface area contributed by atoms with E-state index in [2.05, 4.69) is 10.3 Å². The fourth-order valence-electron chi connectivity index (χ4n) is 1.15. The van der Waals surface area contributed by atoms with Crippen molar-refractivity contribution in [2.45, 2.75) is 24.4 Å². The molecule has 0 bridgehead atoms. The molecule has 17 heavy (non-hydrogen) atoms. The number of carbonyl (C=O) groups is 1. The van der Waals surface area contributed by atoms with E-state index in [1.807, 2.05) is 6.92 Å². The summed E-state index contributed by atoms with van der Waals surface area (Å²) >= 11 is 7.12. The van der Waals surface area contributed by atoms with Gasteiger partial charge in [0.05, 0.1) is 10.0 Å². The molecular formula is C11H15ClN2O2S. The Morgan fingerprint density at radius 3 is 2.94 bits per heavy atom. The number of carboxylic acid groups (broad SMARTS) is 1. The van der Waals surface area contributed by atoms with Gasteiger partial charge in [-0.25, -0.2) is 4.98 Å². The quantitative estimate of drug-likeness (QED) is 0.747. The van der Waals surface area contributed by atoms with E-state index < -0.39 is 12.0 Å². The maximum Gasteiger partial charge on any atom is 0.321 e. The fourth-order valence-corrected chi connectivity index (χ4v) is 2.15. The molecular weight excluding hydrogens is 260 g/mol. The third-order valence-corrected chi connectivity index (χ3v) is 3.30. The van der Waals surface area contributed by atoms with Crippen LogP contribution in [-0.4, -0.2) is 34.4 Å². The topological polar surface area (TPSA) is 62.2 Å². The highest BCUT2D eigenvalue weighted by Crippen LogP contribution is 2.18. The van der Waals surface area contributed by atoms with Gasteiger partial charge in [0.2, 0.25) is 0 Å². The lowest BCUT2D eigenvalue weighted by molar-refractivity contribution is -0.138. The summed E-state index contributed by atoms with van der Waals surface area (Å²) in [4.78, 5) is 15.1. The van der Waals surface area contributed by atoms with Crippen LogP contribution >= 0.6 is 23.4 Å². The van der Waals surface area contributed by atoms with Crippen molar-refractivity contribution in [3.05, 3.63) is 23.4 Å². The number of rotatable bonds is 7. The van der Waals surface area contributed by atoms with Crippen LogP contribution in [0.15, 0.2) is 23.4 Å². The zero-order chi connectivity index (χ0) is 12.7. The minimum absolute atomic E-state index is 0.448. The lowest BCUT2D eigenvalue weighted by Crippen LogP contribution is -2.39. The molecule has 0 fully saturated rings. The SMILES string of the molecule is CCCNC(CSc1ccc(Cl)cn1)C(=O)O. The number of carboxylic acids is 1. The molecule has 0 aromatic carbocycles. The lowest BCUT2D eigenvalue weighted by atomic mass is 10.3. The zero-order valence-electron chi connectivity index (χ0n) is 9.52. The number of aliphatic carboxylic acids is 1. The maximum atomic E-state index is 11.0. The minimum Gasteiger partial charge on any atom is -0.480 e. The Morgan fingerprint density at radius 2 is 2.41 bits per heavy atom. The molecule has 0 amide bonds. The molecule has 1 unspecified atom stereocenters. The van der Waals surface area contributed by atoms with Crippen molar-refractivity contribution in [3.63, 3.8) is 0 Å². The van der Waals surface area contributed by atoms with Gasteiger partial charge in [-0.05, 0) is 25.1 Å². The molecule has 0 radical (unpaired) electrons. The van der Waals surface area contributed by atoms with Crippen molar-refractivity contribution >= 4 is 29.3 Å². The standard InChI is InChI=1S/C11H15ClN2O2S/c1-2-5-13-9(11(15)16)7-17-10-4-3-8(12)6-14-10/h3-4,6,9,13H,2,5,7H2,1H3,(H,15,16). The third kappa shape index (κ3) is 5.39. The van der Waals surface area contributed by atoms with Gasteiger partial charge in [-0.3, -0.25) is 4.79 Å². The predicted octanol–water partition coefficient (Wildman–Crippen LogP) is 2.28. The first-order valence-corrected chi connectivity index (χ1v) is 6.70. The number of nitrogens with one attached hydrogen (secondary N) is 1. The fraction of sp³-hybridized carbons (Fsp3) is 0.455. The first-order valence-electron chi connectivity index (χ1n) is 5.34. The van der Waals surface area contributed by atoms with Crippen molar-refractivity contribution in [1.29, 1.82) is 0 Å². The van der Waals surface area contributed by atoms with Crippen LogP contribution in [0.4, 0.5) is 0 Å². The number of pyridine rings is 1. The Bertz CT molecular complexity index is 359. The van der Waals surface area contributed by atoms with Crippen LogP contribution in [0, 0.1) is 0 Å². The molecule has 0 aliphatic carbocycles. The summed E-state index contributed by atoms with van der Waals surface area (Å²) in [5.74, 6) is -0.385. The van der Waals surface area contributed by atoms with Crippen LogP contribution in [-0.2, 0) is 4.79 Å². The Balaban J connectivity index is 2.45. The van der Waals surface area contributed by atoms with Crippen LogP contribution in [0.1, 0.15) is 13.3 Å². The second-order valence-electron chi connectivity index (χ2n) is 3.47. The minimum atomic E-state index is -0.833. The zero-order valence-corrected chi connectivity index (χ0v) is 11.1. The van der Waals surface area contributed by atoms with E-state index in [0.29, 0.717) is 17.3 Å². The summed E-state index contributed by atoms with van der Waals surface area (Å²) in [5, 5.41) is 13.3. The number of hydrogen-bond donors (Lipinski definition) is 2. The summed E-state index contributed by atoms with van der Waals surface area (Å²) in [6, 6.07) is 2.98. The number of nitrogens with zero attached hydrogens (tertiary/aromatic N) is 1. The molecule has 94 valence electrons. The summed E-state index contributed by atoms with van der Waals surface area (Å²) in [5.41, 5.74) is 0. The molecule has 2 N–H and O–H groups in total. The van der Waals surface area contributed by atoms with Gasteiger partial charge in [0.25, 0.3) is 0 Å². The van der Waals surface area contributed by atoms with Crippen molar-refractivity contribution in [2.24, 2.45) is 0 Å². The molecule has 1 heterocycles. The van der Waals surface area contributed by atoms with Crippen LogP contribution < -0.4 is 5.32 Å². The van der Waals surface area contributed by atoms with Crippen molar-refractivity contribution in [3.8, 4) is 0 Å². The Kier molecular flexibility index (Phi) is 6.32. The van der Waals surface area contributed by atoms with Crippen molar-refractivity contribution in [2.75, 3.05) is 12.3 Å². The molecule has 0 aliphatic heterocycles. The van der Waals surface area contributed by atoms with Gasteiger partial charge in [-0.2, -0.15) is 0 Å². The van der Waals surface area contributed by atoms with Gasteiger partial charge < -0.3 is 10.4 Å². The molecule has 1 rings (SSSR count). The van der Waals surface area contributed by atoms with Gasteiger partial charge in [-0.1, -0.05) is 18.5 Å². The van der Waals surface area contributed by atoms with Crippen LogP contribution in [0.2, 0.25) is 5.02 Å². The van der Waals surface area contributed by atoms with Crippen molar-refractivity contribution < 1.29 is 9.90 Å². The third-order valence-electron chi connectivity index (χ3n) is 2.04. The lowest BCUT2D eigenvalue weighted by Gasteiger charge is -2.12. The van der Waals surface area contributed by atoms with E-state index in [1.54, 1.807) is 18.3 Å². The van der Waals surface area contributed by atoms with Gasteiger partial charge >= 0.3 is 5.97 Å². The molecule has 1 atom stereocenters. The van der Waals surface area contributed by atoms with Crippen LogP contribution in [0.5, 0.6) is 0 Å². The van der Waals surface area contributed by atoms with E-state index in [0.717, 1.165) is 11.4 Å². The van der Waals surface area contributed by atoms with E-state index in [-0.39, 0.29) is 0 Å². The molecule has 0 aliphatic rings. The smallest absolute Gasteiger partial charge is 0.321 e. The van der Waals surface area contributed by atoms with E-state index in [4.69, 9.17) is 16.7 Å². The van der Waals surface area contributed by atoms with Gasteiger partial charge in [0.15, 0.2) is 0 Å². The highest BCUT2D eigenvalue weighted by atomic mass is 35.5. The average molecular weight is 275 g/mol. The normalized spacial score (nSPS) is 12.4. The summed E-state index contributed by atoms with van der Waals surface area (Å²) in [6.45, 7) is 2.70. The number of hydrogen-bond acceptors (Lipinski definition) is 4. The molecule has 1 aromatic heterocycles. The molecule has 0 saturated heterocycles. The molecule has 0 saturated carbocycles. The monoisotopic (exact) mass is 274 g/mol. The largest absolute Gasteiger partial charge is 0.480 e.